The van der Waals surface area contributed by atoms with Crippen LogP contribution in [0.1, 0.15) is 5.69 Å². The Morgan fingerprint density at radius 1 is 1.70 bits per heavy atom. The molecule has 0 fully saturated rings. The second-order valence-electron chi connectivity index (χ2n) is 1.99. The van der Waals surface area contributed by atoms with Crippen molar-refractivity contribution >= 4 is 0 Å². The molecule has 10 heavy (non-hydrogen) atoms. The van der Waals surface area contributed by atoms with Crippen LogP contribution in [0.15, 0.2) is 16.9 Å². The van der Waals surface area contributed by atoms with Crippen molar-refractivity contribution in [2.45, 2.75) is 6.54 Å². The number of rotatable bonds is 1. The molecule has 1 aromatic rings. The van der Waals surface area contributed by atoms with Gasteiger partial charge in [0.15, 0.2) is 0 Å². The highest BCUT2D eigenvalue weighted by atomic mass is 16.1. The molecule has 0 radical (unpaired) electrons. The highest BCUT2D eigenvalue weighted by Crippen LogP contribution is 1.84. The smallest absolute Gasteiger partial charge is 0.266 e. The van der Waals surface area contributed by atoms with E-state index in [2.05, 4.69) is 5.10 Å². The molecule has 0 aromatic carbocycles. The molecule has 0 bridgehead atoms. The Bertz CT molecular complexity index is 279. The van der Waals surface area contributed by atoms with Crippen LogP contribution in [-0.2, 0) is 13.6 Å². The van der Waals surface area contributed by atoms with Gasteiger partial charge in [0.2, 0.25) is 0 Å². The minimum Gasteiger partial charge on any atom is -0.325 e. The molecule has 0 aliphatic heterocycles. The zero-order valence-corrected chi connectivity index (χ0v) is 5.74. The summed E-state index contributed by atoms with van der Waals surface area (Å²) in [4.78, 5) is 10.7. The van der Waals surface area contributed by atoms with Gasteiger partial charge in [0.05, 0.1) is 5.69 Å². The summed E-state index contributed by atoms with van der Waals surface area (Å²) in [6.07, 6.45) is 0. The normalized spacial score (nSPS) is 9.80. The molecule has 0 saturated carbocycles. The molecule has 54 valence electrons. The Hall–Kier alpha value is -1.16. The van der Waals surface area contributed by atoms with E-state index < -0.39 is 0 Å². The molecular formula is C6H9N3O. The van der Waals surface area contributed by atoms with E-state index in [-0.39, 0.29) is 5.56 Å². The van der Waals surface area contributed by atoms with Gasteiger partial charge in [-0.25, -0.2) is 4.68 Å². The minimum absolute atomic E-state index is 0.114. The van der Waals surface area contributed by atoms with Crippen molar-refractivity contribution in [3.05, 3.63) is 28.2 Å². The molecule has 0 aliphatic carbocycles. The van der Waals surface area contributed by atoms with Crippen LogP contribution in [0, 0.1) is 0 Å². The van der Waals surface area contributed by atoms with Crippen LogP contribution in [-0.4, -0.2) is 9.78 Å². The second kappa shape index (κ2) is 2.62. The average molecular weight is 139 g/mol. The molecule has 1 heterocycles. The summed E-state index contributed by atoms with van der Waals surface area (Å²) in [5.74, 6) is 0. The average Bonchev–Trinajstić information content (AvgIpc) is 1.95. The third-order valence-electron chi connectivity index (χ3n) is 1.22. The van der Waals surface area contributed by atoms with Gasteiger partial charge in [0.25, 0.3) is 5.56 Å². The number of aryl methyl sites for hydroxylation is 1. The summed E-state index contributed by atoms with van der Waals surface area (Å²) in [5, 5.41) is 3.87. The highest BCUT2D eigenvalue weighted by Gasteiger charge is 1.91. The molecule has 0 saturated heterocycles. The van der Waals surface area contributed by atoms with Crippen molar-refractivity contribution < 1.29 is 0 Å². The Balaban J connectivity index is 3.17. The van der Waals surface area contributed by atoms with Crippen molar-refractivity contribution in [3.63, 3.8) is 0 Å². The lowest BCUT2D eigenvalue weighted by Crippen LogP contribution is -2.20. The maximum absolute atomic E-state index is 10.7. The molecule has 1 rings (SSSR count). The topological polar surface area (TPSA) is 60.9 Å². The number of hydrogen-bond acceptors (Lipinski definition) is 3. The largest absolute Gasteiger partial charge is 0.325 e. The summed E-state index contributed by atoms with van der Waals surface area (Å²) >= 11 is 0. The molecule has 0 amide bonds. The van der Waals surface area contributed by atoms with Gasteiger partial charge in [-0.05, 0) is 6.07 Å². The van der Waals surface area contributed by atoms with Crippen molar-refractivity contribution in [1.82, 2.24) is 9.78 Å². The predicted octanol–water partition coefficient (Wildman–Crippen LogP) is -0.761. The van der Waals surface area contributed by atoms with Crippen LogP contribution >= 0.6 is 0 Å². The first-order valence-corrected chi connectivity index (χ1v) is 2.97. The van der Waals surface area contributed by atoms with Gasteiger partial charge in [-0.2, -0.15) is 5.10 Å². The lowest BCUT2D eigenvalue weighted by molar-refractivity contribution is 0.678. The fraction of sp³-hybridized carbons (Fsp3) is 0.333. The van der Waals surface area contributed by atoms with Crippen molar-refractivity contribution in [2.24, 2.45) is 12.8 Å². The van der Waals surface area contributed by atoms with Gasteiger partial charge >= 0.3 is 0 Å². The molecule has 1 aromatic heterocycles. The van der Waals surface area contributed by atoms with Crippen molar-refractivity contribution in [3.8, 4) is 0 Å². The quantitative estimate of drug-likeness (QED) is 0.556. The fourth-order valence-electron chi connectivity index (χ4n) is 0.659. The summed E-state index contributed by atoms with van der Waals surface area (Å²) in [5.41, 5.74) is 5.90. The maximum atomic E-state index is 10.7. The fourth-order valence-corrected chi connectivity index (χ4v) is 0.659. The van der Waals surface area contributed by atoms with Crippen molar-refractivity contribution in [2.75, 3.05) is 0 Å². The van der Waals surface area contributed by atoms with E-state index >= 15 is 0 Å². The second-order valence-corrected chi connectivity index (χ2v) is 1.99. The summed E-state index contributed by atoms with van der Waals surface area (Å²) in [7, 11) is 1.60. The molecule has 0 unspecified atom stereocenters. The molecule has 0 spiro atoms. The van der Waals surface area contributed by atoms with Crippen LogP contribution < -0.4 is 11.3 Å². The number of aromatic nitrogens is 2. The summed E-state index contributed by atoms with van der Waals surface area (Å²) < 4.78 is 1.27. The lowest BCUT2D eigenvalue weighted by atomic mass is 10.4. The SMILES string of the molecule is Cn1nc(CN)ccc1=O. The Labute approximate surface area is 58.3 Å². The summed E-state index contributed by atoms with van der Waals surface area (Å²) in [6, 6.07) is 3.08. The van der Waals surface area contributed by atoms with E-state index in [9.17, 15) is 4.79 Å². The first kappa shape index (κ1) is 6.95. The van der Waals surface area contributed by atoms with Gasteiger partial charge in [0.1, 0.15) is 0 Å². The molecule has 0 aliphatic rings. The van der Waals surface area contributed by atoms with E-state index in [0.717, 1.165) is 5.69 Å². The molecule has 4 heteroatoms. The van der Waals surface area contributed by atoms with Crippen LogP contribution in [0.5, 0.6) is 0 Å². The number of nitrogens with two attached hydrogens (primary N) is 1. The van der Waals surface area contributed by atoms with Crippen LogP contribution in [0.2, 0.25) is 0 Å². The standard InChI is InChI=1S/C6H9N3O/c1-9-6(10)3-2-5(4-7)8-9/h2-3H,4,7H2,1H3. The first-order valence-electron chi connectivity index (χ1n) is 2.97. The van der Waals surface area contributed by atoms with Gasteiger partial charge in [-0.1, -0.05) is 0 Å². The van der Waals surface area contributed by atoms with Gasteiger partial charge in [0, 0.05) is 19.7 Å². The predicted molar refractivity (Wildman–Crippen MR) is 37.4 cm³/mol. The maximum Gasteiger partial charge on any atom is 0.266 e. The summed E-state index contributed by atoms with van der Waals surface area (Å²) in [6.45, 7) is 0.369. The van der Waals surface area contributed by atoms with E-state index in [4.69, 9.17) is 5.73 Å². The number of nitrogens with zero attached hydrogens (tertiary/aromatic N) is 2. The van der Waals surface area contributed by atoms with E-state index in [0.29, 0.717) is 6.54 Å². The van der Waals surface area contributed by atoms with Crippen LogP contribution in [0.3, 0.4) is 0 Å². The Morgan fingerprint density at radius 3 is 2.90 bits per heavy atom. The monoisotopic (exact) mass is 139 g/mol. The first-order chi connectivity index (χ1) is 4.74. The van der Waals surface area contributed by atoms with Crippen LogP contribution in [0.4, 0.5) is 0 Å². The Morgan fingerprint density at radius 2 is 2.40 bits per heavy atom. The minimum atomic E-state index is -0.114. The van der Waals surface area contributed by atoms with E-state index in [1.807, 2.05) is 0 Å². The molecule has 0 atom stereocenters. The van der Waals surface area contributed by atoms with E-state index in [1.165, 1.54) is 10.7 Å². The highest BCUT2D eigenvalue weighted by molar-refractivity contribution is 4.98. The third-order valence-corrected chi connectivity index (χ3v) is 1.22. The van der Waals surface area contributed by atoms with Gasteiger partial charge < -0.3 is 5.73 Å². The van der Waals surface area contributed by atoms with E-state index in [1.54, 1.807) is 13.1 Å². The van der Waals surface area contributed by atoms with Crippen molar-refractivity contribution in [1.29, 1.82) is 0 Å². The number of hydrogen-bond donors (Lipinski definition) is 1. The van der Waals surface area contributed by atoms with Crippen LogP contribution in [0.25, 0.3) is 0 Å². The molecule has 4 nitrogen and oxygen atoms in total. The Kier molecular flexibility index (Phi) is 1.82. The third kappa shape index (κ3) is 1.22. The van der Waals surface area contributed by atoms with Gasteiger partial charge in [-0.15, -0.1) is 0 Å². The zero-order chi connectivity index (χ0) is 7.56. The van der Waals surface area contributed by atoms with Gasteiger partial charge in [-0.3, -0.25) is 4.79 Å². The molecular weight excluding hydrogens is 130 g/mol. The lowest BCUT2D eigenvalue weighted by Gasteiger charge is -1.96. The molecule has 2 N–H and O–H groups in total. The zero-order valence-electron chi connectivity index (χ0n) is 5.74.